The summed E-state index contributed by atoms with van der Waals surface area (Å²) in [6, 6.07) is 29.2. The van der Waals surface area contributed by atoms with Crippen molar-refractivity contribution in [2.45, 2.75) is 113 Å². The quantitative estimate of drug-likeness (QED) is 0.0890. The summed E-state index contributed by atoms with van der Waals surface area (Å²) in [5.74, 6) is 2.14. The van der Waals surface area contributed by atoms with Gasteiger partial charge in [-0.05, 0) is 71.5 Å². The van der Waals surface area contributed by atoms with E-state index in [4.69, 9.17) is 37.9 Å². The molecule has 0 saturated carbocycles. The molecule has 0 radical (unpaired) electrons. The molecule has 12 unspecified atom stereocenters. The van der Waals surface area contributed by atoms with Crippen molar-refractivity contribution < 1.29 is 73.3 Å². The molecule has 15 heteroatoms. The van der Waals surface area contributed by atoms with Crippen LogP contribution in [0.25, 0.3) is 0 Å². The van der Waals surface area contributed by atoms with Crippen molar-refractivity contribution >= 4 is 6.16 Å². The van der Waals surface area contributed by atoms with Crippen molar-refractivity contribution in [3.63, 3.8) is 0 Å². The van der Waals surface area contributed by atoms with Crippen LogP contribution in [0.3, 0.4) is 0 Å². The van der Waals surface area contributed by atoms with E-state index in [2.05, 4.69) is 0 Å². The van der Waals surface area contributed by atoms with Gasteiger partial charge in [0, 0.05) is 12.8 Å². The predicted molar refractivity (Wildman–Crippen MR) is 215 cm³/mol. The van der Waals surface area contributed by atoms with E-state index in [1.54, 1.807) is 52.3 Å². The molecule has 2 aliphatic rings. The number of methoxy groups -OCH3 is 2. The molecular weight excluding hydrogens is 780 g/mol. The van der Waals surface area contributed by atoms with E-state index in [9.17, 15) is 35.4 Å². The van der Waals surface area contributed by atoms with Gasteiger partial charge in [-0.1, -0.05) is 74.5 Å². The van der Waals surface area contributed by atoms with Crippen LogP contribution in [0.5, 0.6) is 23.0 Å². The SMILES string of the molecule is CCC(OC(=O)OC(CC)C1OC(Oc2ccccc2Cc2ccc(OC)cc2)C(O)C(O)C1O)C1OC(Oc2ccccc2Cc2ccc(OC)cc2)C(O)C(O)C1O. The standard InChI is InChI=1S/C45H54O15/c1-5-31(41-37(48)35(46)39(50)43(59-41)55-33-13-9-7-11-27(33)23-25-15-19-29(53-3)20-16-25)57-45(52)58-32(6-2)42-38(49)36(47)40(51)44(60-42)56-34-14-10-8-12-28(34)24-26-17-21-30(54-4)22-18-26/h7-22,31-32,35-44,46-51H,5-6,23-24H2,1-4H3. The number of aliphatic hydroxyl groups is 6. The van der Waals surface area contributed by atoms with Gasteiger partial charge in [-0.15, -0.1) is 0 Å². The number of ether oxygens (including phenoxy) is 8. The Morgan fingerprint density at radius 2 is 0.900 bits per heavy atom. The van der Waals surface area contributed by atoms with E-state index < -0.39 is 79.8 Å². The molecule has 0 amide bonds. The van der Waals surface area contributed by atoms with Crippen molar-refractivity contribution in [1.82, 2.24) is 0 Å². The molecule has 2 saturated heterocycles. The Hall–Kier alpha value is -4.97. The minimum atomic E-state index is -1.74. The molecule has 15 nitrogen and oxygen atoms in total. The maximum Gasteiger partial charge on any atom is 0.509 e. The van der Waals surface area contributed by atoms with E-state index in [0.29, 0.717) is 35.8 Å². The summed E-state index contributed by atoms with van der Waals surface area (Å²) >= 11 is 0. The van der Waals surface area contributed by atoms with Crippen molar-refractivity contribution in [1.29, 1.82) is 0 Å². The first-order valence-electron chi connectivity index (χ1n) is 20.0. The fourth-order valence-electron chi connectivity index (χ4n) is 7.30. The number of hydrogen-bond acceptors (Lipinski definition) is 15. The Kier molecular flexibility index (Phi) is 15.3. The van der Waals surface area contributed by atoms with Gasteiger partial charge in [0.05, 0.1) is 14.2 Å². The molecule has 60 heavy (non-hydrogen) atoms. The summed E-state index contributed by atoms with van der Waals surface area (Å²) in [5, 5.41) is 65.8. The molecule has 4 aromatic rings. The summed E-state index contributed by atoms with van der Waals surface area (Å²) < 4.78 is 46.0. The number of hydrogen-bond donors (Lipinski definition) is 6. The number of carbonyl (C=O) groups is 1. The Balaban J connectivity index is 1.11. The highest BCUT2D eigenvalue weighted by Gasteiger charge is 2.51. The van der Waals surface area contributed by atoms with E-state index in [1.165, 1.54) is 0 Å². The van der Waals surface area contributed by atoms with Gasteiger partial charge in [0.15, 0.2) is 0 Å². The van der Waals surface area contributed by atoms with E-state index >= 15 is 0 Å². The van der Waals surface area contributed by atoms with Crippen LogP contribution in [-0.4, -0.2) is 125 Å². The van der Waals surface area contributed by atoms with Crippen LogP contribution in [0.4, 0.5) is 4.79 Å². The van der Waals surface area contributed by atoms with Gasteiger partial charge in [-0.2, -0.15) is 0 Å². The molecule has 324 valence electrons. The lowest BCUT2D eigenvalue weighted by Crippen LogP contribution is -2.63. The van der Waals surface area contributed by atoms with Crippen LogP contribution < -0.4 is 18.9 Å². The minimum Gasteiger partial charge on any atom is -0.497 e. The smallest absolute Gasteiger partial charge is 0.497 e. The molecule has 0 spiro atoms. The average Bonchev–Trinajstić information content (AvgIpc) is 3.27. The molecule has 2 heterocycles. The highest BCUT2D eigenvalue weighted by atomic mass is 16.8. The van der Waals surface area contributed by atoms with Crippen molar-refractivity contribution in [2.75, 3.05) is 14.2 Å². The fourth-order valence-corrected chi connectivity index (χ4v) is 7.30. The molecule has 0 aliphatic carbocycles. The largest absolute Gasteiger partial charge is 0.509 e. The lowest BCUT2D eigenvalue weighted by Gasteiger charge is -2.43. The second kappa shape index (κ2) is 20.5. The summed E-state index contributed by atoms with van der Waals surface area (Å²) in [6.45, 7) is 3.31. The number of aliphatic hydroxyl groups excluding tert-OH is 6. The third-order valence-corrected chi connectivity index (χ3v) is 10.8. The average molecular weight is 835 g/mol. The molecule has 0 aromatic heterocycles. The normalized spacial score (nSPS) is 27.6. The first kappa shape index (κ1) is 44.6. The Morgan fingerprint density at radius 1 is 0.533 bits per heavy atom. The summed E-state index contributed by atoms with van der Waals surface area (Å²) in [5.41, 5.74) is 3.42. The maximum absolute atomic E-state index is 13.4. The summed E-state index contributed by atoms with van der Waals surface area (Å²) in [4.78, 5) is 13.4. The zero-order chi connectivity index (χ0) is 42.9. The van der Waals surface area contributed by atoms with Crippen molar-refractivity contribution in [3.8, 4) is 23.0 Å². The van der Waals surface area contributed by atoms with Gasteiger partial charge in [-0.3, -0.25) is 0 Å². The van der Waals surface area contributed by atoms with Gasteiger partial charge in [0.2, 0.25) is 12.6 Å². The zero-order valence-electron chi connectivity index (χ0n) is 33.9. The summed E-state index contributed by atoms with van der Waals surface area (Å²) in [6.07, 6.45) is -18.5. The maximum atomic E-state index is 13.4. The minimum absolute atomic E-state index is 0.0799. The molecule has 2 fully saturated rings. The Morgan fingerprint density at radius 3 is 1.25 bits per heavy atom. The molecule has 6 rings (SSSR count). The Labute approximate surface area is 348 Å². The molecule has 2 aliphatic heterocycles. The monoisotopic (exact) mass is 834 g/mol. The van der Waals surface area contributed by atoms with Gasteiger partial charge < -0.3 is 68.5 Å². The topological polar surface area (TPSA) is 212 Å². The number of carbonyl (C=O) groups excluding carboxylic acids is 1. The van der Waals surface area contributed by atoms with Crippen LogP contribution in [0.1, 0.15) is 48.9 Å². The highest BCUT2D eigenvalue weighted by Crippen LogP contribution is 2.33. The molecule has 4 aromatic carbocycles. The lowest BCUT2D eigenvalue weighted by molar-refractivity contribution is -0.294. The van der Waals surface area contributed by atoms with Gasteiger partial charge in [0.25, 0.3) is 0 Å². The van der Waals surface area contributed by atoms with Gasteiger partial charge in [0.1, 0.15) is 84.0 Å². The first-order valence-corrected chi connectivity index (χ1v) is 20.0. The molecule has 6 N–H and O–H groups in total. The summed E-state index contributed by atoms with van der Waals surface area (Å²) in [7, 11) is 3.17. The molecule has 12 atom stereocenters. The third kappa shape index (κ3) is 10.5. The van der Waals surface area contributed by atoms with E-state index in [0.717, 1.165) is 22.3 Å². The first-order chi connectivity index (χ1) is 28.9. The Bertz CT molecular complexity index is 1820. The lowest BCUT2D eigenvalue weighted by atomic mass is 9.94. The second-order valence-electron chi connectivity index (χ2n) is 14.8. The van der Waals surface area contributed by atoms with Crippen LogP contribution in [0.2, 0.25) is 0 Å². The zero-order valence-corrected chi connectivity index (χ0v) is 33.9. The van der Waals surface area contributed by atoms with E-state index in [-0.39, 0.29) is 12.8 Å². The van der Waals surface area contributed by atoms with Crippen LogP contribution in [0.15, 0.2) is 97.1 Å². The van der Waals surface area contributed by atoms with Crippen LogP contribution in [0, 0.1) is 0 Å². The molecule has 0 bridgehead atoms. The highest BCUT2D eigenvalue weighted by molar-refractivity contribution is 5.60. The fraction of sp³-hybridized carbons (Fsp3) is 0.444. The van der Waals surface area contributed by atoms with Crippen LogP contribution >= 0.6 is 0 Å². The number of benzene rings is 4. The predicted octanol–water partition coefficient (Wildman–Crippen LogP) is 3.67. The van der Waals surface area contributed by atoms with Crippen molar-refractivity contribution in [2.24, 2.45) is 0 Å². The third-order valence-electron chi connectivity index (χ3n) is 10.8. The molecular formula is C45H54O15. The second-order valence-corrected chi connectivity index (χ2v) is 14.8. The van der Waals surface area contributed by atoms with Crippen LogP contribution in [-0.2, 0) is 31.8 Å². The van der Waals surface area contributed by atoms with Gasteiger partial charge in [-0.25, -0.2) is 4.79 Å². The number of rotatable bonds is 16. The van der Waals surface area contributed by atoms with E-state index in [1.807, 2.05) is 72.8 Å². The van der Waals surface area contributed by atoms with Gasteiger partial charge >= 0.3 is 6.16 Å². The number of para-hydroxylation sites is 2. The van der Waals surface area contributed by atoms with Crippen molar-refractivity contribution in [3.05, 3.63) is 119 Å².